The third kappa shape index (κ3) is 4.34. The maximum absolute atomic E-state index is 12.9. The van der Waals surface area contributed by atoms with Crippen LogP contribution in [0, 0.1) is 5.82 Å². The number of carbonyl (C=O) groups excluding carboxylic acids is 1. The van der Waals surface area contributed by atoms with E-state index in [2.05, 4.69) is 0 Å². The maximum atomic E-state index is 12.9. The lowest BCUT2D eigenvalue weighted by Gasteiger charge is -2.27. The molecule has 1 fully saturated rings. The molecule has 6 heteroatoms. The monoisotopic (exact) mass is 311 g/mol. The zero-order chi connectivity index (χ0) is 16.3. The van der Waals surface area contributed by atoms with Gasteiger partial charge in [0.1, 0.15) is 23.3 Å². The van der Waals surface area contributed by atoms with Gasteiger partial charge in [0.05, 0.1) is 19.2 Å². The van der Waals surface area contributed by atoms with Gasteiger partial charge in [0.15, 0.2) is 0 Å². The molecular formula is C16H22FNO4. The standard InChI is InChI=1S/C16H22FNO4/c1-16(2,3)22-15(20)18-9-14(8-12(18)10-19)21-13-6-4-11(17)5-7-13/h4-7,12,14,19H,8-10H2,1-3H3/t12-,14+/m0/s1. The Morgan fingerprint density at radius 1 is 1.36 bits per heavy atom. The molecule has 1 aliphatic heterocycles. The Labute approximate surface area is 129 Å². The van der Waals surface area contributed by atoms with Gasteiger partial charge in [0.25, 0.3) is 0 Å². The third-order valence-corrected chi connectivity index (χ3v) is 3.33. The first-order chi connectivity index (χ1) is 10.3. The summed E-state index contributed by atoms with van der Waals surface area (Å²) < 4.78 is 24.0. The Morgan fingerprint density at radius 3 is 2.55 bits per heavy atom. The van der Waals surface area contributed by atoms with Crippen LogP contribution in [0.2, 0.25) is 0 Å². The molecule has 5 nitrogen and oxygen atoms in total. The number of amides is 1. The number of ether oxygens (including phenoxy) is 2. The molecular weight excluding hydrogens is 289 g/mol. The summed E-state index contributed by atoms with van der Waals surface area (Å²) >= 11 is 0. The van der Waals surface area contributed by atoms with Crippen LogP contribution in [0.25, 0.3) is 0 Å². The summed E-state index contributed by atoms with van der Waals surface area (Å²) in [5.41, 5.74) is -0.590. The molecule has 1 amide bonds. The number of hydrogen-bond acceptors (Lipinski definition) is 4. The van der Waals surface area contributed by atoms with Crippen molar-refractivity contribution >= 4 is 6.09 Å². The predicted octanol–water partition coefficient (Wildman–Crippen LogP) is 2.57. The first-order valence-electron chi connectivity index (χ1n) is 7.31. The van der Waals surface area contributed by atoms with Crippen molar-refractivity contribution < 1.29 is 23.8 Å². The van der Waals surface area contributed by atoms with Gasteiger partial charge in [-0.2, -0.15) is 0 Å². The highest BCUT2D eigenvalue weighted by Gasteiger charge is 2.38. The summed E-state index contributed by atoms with van der Waals surface area (Å²) in [6, 6.07) is 5.39. The van der Waals surface area contributed by atoms with E-state index >= 15 is 0 Å². The van der Waals surface area contributed by atoms with Gasteiger partial charge in [0, 0.05) is 6.42 Å². The Hall–Kier alpha value is -1.82. The van der Waals surface area contributed by atoms with E-state index in [1.165, 1.54) is 17.0 Å². The Bertz CT molecular complexity index is 512. The summed E-state index contributed by atoms with van der Waals surface area (Å²) in [5.74, 6) is 0.205. The minimum Gasteiger partial charge on any atom is -0.489 e. The van der Waals surface area contributed by atoms with E-state index in [4.69, 9.17) is 9.47 Å². The molecule has 0 unspecified atom stereocenters. The van der Waals surface area contributed by atoms with Gasteiger partial charge < -0.3 is 14.6 Å². The van der Waals surface area contributed by atoms with E-state index < -0.39 is 11.7 Å². The number of aliphatic hydroxyl groups is 1. The maximum Gasteiger partial charge on any atom is 0.410 e. The van der Waals surface area contributed by atoms with Gasteiger partial charge in [-0.1, -0.05) is 0 Å². The lowest BCUT2D eigenvalue weighted by Crippen LogP contribution is -2.41. The Morgan fingerprint density at radius 2 is 2.00 bits per heavy atom. The lowest BCUT2D eigenvalue weighted by molar-refractivity contribution is 0.0165. The van der Waals surface area contributed by atoms with E-state index in [1.807, 2.05) is 0 Å². The van der Waals surface area contributed by atoms with Gasteiger partial charge in [-0.05, 0) is 45.0 Å². The average molecular weight is 311 g/mol. The molecule has 1 aromatic carbocycles. The average Bonchev–Trinajstić information content (AvgIpc) is 2.83. The fraction of sp³-hybridized carbons (Fsp3) is 0.562. The second kappa shape index (κ2) is 6.52. The van der Waals surface area contributed by atoms with Gasteiger partial charge in [-0.15, -0.1) is 0 Å². The van der Waals surface area contributed by atoms with Gasteiger partial charge >= 0.3 is 6.09 Å². The number of nitrogens with zero attached hydrogens (tertiary/aromatic N) is 1. The van der Waals surface area contributed by atoms with Crippen molar-refractivity contribution in [3.05, 3.63) is 30.1 Å². The zero-order valence-electron chi connectivity index (χ0n) is 13.1. The highest BCUT2D eigenvalue weighted by molar-refractivity contribution is 5.69. The number of hydrogen-bond donors (Lipinski definition) is 1. The fourth-order valence-corrected chi connectivity index (χ4v) is 2.38. The van der Waals surface area contributed by atoms with E-state index in [0.717, 1.165) is 0 Å². The van der Waals surface area contributed by atoms with Crippen molar-refractivity contribution in [1.82, 2.24) is 4.90 Å². The molecule has 0 bridgehead atoms. The summed E-state index contributed by atoms with van der Waals surface area (Å²) in [5, 5.41) is 9.45. The van der Waals surface area contributed by atoms with Gasteiger partial charge in [-0.25, -0.2) is 9.18 Å². The van der Waals surface area contributed by atoms with Crippen LogP contribution in [-0.2, 0) is 4.74 Å². The number of aliphatic hydroxyl groups excluding tert-OH is 1. The van der Waals surface area contributed by atoms with Crippen LogP contribution in [0.1, 0.15) is 27.2 Å². The second-order valence-electron chi connectivity index (χ2n) is 6.40. The molecule has 0 aromatic heterocycles. The number of carbonyl (C=O) groups is 1. The smallest absolute Gasteiger partial charge is 0.410 e. The van der Waals surface area contributed by atoms with E-state index in [9.17, 15) is 14.3 Å². The van der Waals surface area contributed by atoms with Crippen LogP contribution < -0.4 is 4.74 Å². The first kappa shape index (κ1) is 16.5. The van der Waals surface area contributed by atoms with Crippen LogP contribution in [0.3, 0.4) is 0 Å². The number of benzene rings is 1. The number of rotatable bonds is 3. The van der Waals surface area contributed by atoms with Crippen LogP contribution in [-0.4, -0.2) is 47.0 Å². The second-order valence-corrected chi connectivity index (χ2v) is 6.40. The molecule has 1 aliphatic rings. The molecule has 1 heterocycles. The van der Waals surface area contributed by atoms with Crippen molar-refractivity contribution in [3.8, 4) is 5.75 Å². The summed E-state index contributed by atoms with van der Waals surface area (Å²) in [6.45, 7) is 5.56. The minimum absolute atomic E-state index is 0.150. The fourth-order valence-electron chi connectivity index (χ4n) is 2.38. The molecule has 0 saturated carbocycles. The van der Waals surface area contributed by atoms with E-state index in [0.29, 0.717) is 18.7 Å². The predicted molar refractivity (Wildman–Crippen MR) is 79.2 cm³/mol. The topological polar surface area (TPSA) is 59.0 Å². The van der Waals surface area contributed by atoms with E-state index in [-0.39, 0.29) is 24.6 Å². The highest BCUT2D eigenvalue weighted by Crippen LogP contribution is 2.25. The first-order valence-corrected chi connectivity index (χ1v) is 7.31. The van der Waals surface area contributed by atoms with E-state index in [1.54, 1.807) is 32.9 Å². The SMILES string of the molecule is CC(C)(C)OC(=O)N1C[C@H](Oc2ccc(F)cc2)C[C@H]1CO. The normalized spacial score (nSPS) is 21.8. The number of likely N-dealkylation sites (tertiary alicyclic amines) is 1. The summed E-state index contributed by atoms with van der Waals surface area (Å²) in [7, 11) is 0. The highest BCUT2D eigenvalue weighted by atomic mass is 19.1. The largest absolute Gasteiger partial charge is 0.489 e. The van der Waals surface area contributed by atoms with Crippen molar-refractivity contribution in [1.29, 1.82) is 0 Å². The minimum atomic E-state index is -0.590. The third-order valence-electron chi connectivity index (χ3n) is 3.33. The molecule has 2 atom stereocenters. The molecule has 1 aromatic rings. The quantitative estimate of drug-likeness (QED) is 0.932. The van der Waals surface area contributed by atoms with Crippen LogP contribution >= 0.6 is 0 Å². The van der Waals surface area contributed by atoms with Crippen LogP contribution in [0.5, 0.6) is 5.75 Å². The number of halogens is 1. The molecule has 0 radical (unpaired) electrons. The van der Waals surface area contributed by atoms with Gasteiger partial charge in [-0.3, -0.25) is 4.90 Å². The molecule has 0 aliphatic carbocycles. The lowest BCUT2D eigenvalue weighted by atomic mass is 10.2. The molecule has 122 valence electrons. The molecule has 1 saturated heterocycles. The van der Waals surface area contributed by atoms with Crippen LogP contribution in [0.15, 0.2) is 24.3 Å². The van der Waals surface area contributed by atoms with Crippen molar-refractivity contribution in [3.63, 3.8) is 0 Å². The van der Waals surface area contributed by atoms with Crippen molar-refractivity contribution in [2.45, 2.75) is 44.9 Å². The molecule has 1 N–H and O–H groups in total. The Balaban J connectivity index is 1.99. The Kier molecular flexibility index (Phi) is 4.90. The summed E-state index contributed by atoms with van der Waals surface area (Å²) in [6.07, 6.45) is -0.209. The molecule has 22 heavy (non-hydrogen) atoms. The van der Waals surface area contributed by atoms with Crippen molar-refractivity contribution in [2.75, 3.05) is 13.2 Å². The van der Waals surface area contributed by atoms with Crippen molar-refractivity contribution in [2.24, 2.45) is 0 Å². The summed E-state index contributed by atoms with van der Waals surface area (Å²) in [4.78, 5) is 13.6. The van der Waals surface area contributed by atoms with Crippen LogP contribution in [0.4, 0.5) is 9.18 Å². The zero-order valence-corrected chi connectivity index (χ0v) is 13.1. The molecule has 2 rings (SSSR count). The van der Waals surface area contributed by atoms with Gasteiger partial charge in [0.2, 0.25) is 0 Å². The molecule has 0 spiro atoms.